The van der Waals surface area contributed by atoms with Crippen LogP contribution < -0.4 is 4.74 Å². The average Bonchev–Trinajstić information content (AvgIpc) is 2.65. The highest BCUT2D eigenvalue weighted by atomic mass is 16.5. The van der Waals surface area contributed by atoms with E-state index in [0.717, 1.165) is 24.0 Å². The first-order valence-electron chi connectivity index (χ1n) is 9.30. The first-order chi connectivity index (χ1) is 12.8. The Morgan fingerprint density at radius 2 is 1.78 bits per heavy atom. The Hall–Kier alpha value is -2.75. The second kappa shape index (κ2) is 8.76. The molecule has 0 saturated heterocycles. The molecule has 0 unspecified atom stereocenters. The van der Waals surface area contributed by atoms with Gasteiger partial charge in [-0.2, -0.15) is 0 Å². The van der Waals surface area contributed by atoms with Crippen LogP contribution >= 0.6 is 0 Å². The van der Waals surface area contributed by atoms with Crippen molar-refractivity contribution in [1.82, 2.24) is 0 Å². The molecule has 27 heavy (non-hydrogen) atoms. The van der Waals surface area contributed by atoms with Crippen molar-refractivity contribution in [1.29, 1.82) is 0 Å². The molecule has 0 saturated carbocycles. The van der Waals surface area contributed by atoms with Gasteiger partial charge in [-0.05, 0) is 60.7 Å². The van der Waals surface area contributed by atoms with Crippen molar-refractivity contribution in [2.75, 3.05) is 6.61 Å². The van der Waals surface area contributed by atoms with Gasteiger partial charge in [0.05, 0.1) is 6.61 Å². The first kappa shape index (κ1) is 20.6. The second-order valence-electron chi connectivity index (χ2n) is 7.24. The van der Waals surface area contributed by atoms with Gasteiger partial charge in [0.15, 0.2) is 5.78 Å². The van der Waals surface area contributed by atoms with Gasteiger partial charge in [-0.25, -0.2) is 0 Å². The molecule has 0 aliphatic rings. The molecular weight excluding hydrogens is 340 g/mol. The smallest absolute Gasteiger partial charge is 0.185 e. The zero-order valence-corrected chi connectivity index (χ0v) is 16.5. The number of benzene rings is 2. The van der Waals surface area contributed by atoms with Crippen molar-refractivity contribution in [3.8, 4) is 17.2 Å². The molecule has 2 rings (SSSR count). The zero-order chi connectivity index (χ0) is 20.0. The molecule has 0 aromatic heterocycles. The summed E-state index contributed by atoms with van der Waals surface area (Å²) >= 11 is 0. The Bertz CT molecular complexity index is 817. The van der Waals surface area contributed by atoms with Crippen molar-refractivity contribution < 1.29 is 19.7 Å². The highest BCUT2D eigenvalue weighted by molar-refractivity contribution is 6.07. The predicted octanol–water partition coefficient (Wildman–Crippen LogP) is 5.47. The van der Waals surface area contributed by atoms with Gasteiger partial charge < -0.3 is 14.9 Å². The quantitative estimate of drug-likeness (QED) is 0.479. The van der Waals surface area contributed by atoms with Crippen molar-refractivity contribution in [2.24, 2.45) is 0 Å². The average molecular weight is 368 g/mol. The van der Waals surface area contributed by atoms with Crippen LogP contribution in [0.15, 0.2) is 42.5 Å². The fourth-order valence-corrected chi connectivity index (χ4v) is 2.67. The van der Waals surface area contributed by atoms with Crippen LogP contribution in [0.5, 0.6) is 17.2 Å². The fraction of sp³-hybridized carbons (Fsp3) is 0.348. The first-order valence-corrected chi connectivity index (χ1v) is 9.30. The third kappa shape index (κ3) is 5.13. The van der Waals surface area contributed by atoms with E-state index < -0.39 is 0 Å². The summed E-state index contributed by atoms with van der Waals surface area (Å²) in [7, 11) is 0. The maximum absolute atomic E-state index is 12.4. The van der Waals surface area contributed by atoms with E-state index in [-0.39, 0.29) is 22.7 Å². The third-order valence-electron chi connectivity index (χ3n) is 4.77. The minimum Gasteiger partial charge on any atom is -0.508 e. The fourth-order valence-electron chi connectivity index (χ4n) is 2.67. The summed E-state index contributed by atoms with van der Waals surface area (Å²) in [4.78, 5) is 12.4. The molecule has 2 aromatic carbocycles. The largest absolute Gasteiger partial charge is 0.508 e. The van der Waals surface area contributed by atoms with Crippen molar-refractivity contribution in [2.45, 2.75) is 46.0 Å². The summed E-state index contributed by atoms with van der Waals surface area (Å²) in [5, 5.41) is 19.8. The van der Waals surface area contributed by atoms with Crippen molar-refractivity contribution >= 4 is 11.9 Å². The molecule has 4 heteroatoms. The van der Waals surface area contributed by atoms with E-state index in [9.17, 15) is 15.0 Å². The van der Waals surface area contributed by atoms with Crippen LogP contribution in [0.2, 0.25) is 0 Å². The number of carbonyl (C=O) groups is 1. The lowest BCUT2D eigenvalue weighted by Gasteiger charge is -2.25. The highest BCUT2D eigenvalue weighted by Gasteiger charge is 2.23. The Balaban J connectivity index is 2.40. The molecule has 0 atom stereocenters. The van der Waals surface area contributed by atoms with Gasteiger partial charge in [0, 0.05) is 22.8 Å². The summed E-state index contributed by atoms with van der Waals surface area (Å²) in [5.41, 5.74) is 1.88. The van der Waals surface area contributed by atoms with Crippen LogP contribution in [0.4, 0.5) is 0 Å². The molecule has 4 nitrogen and oxygen atoms in total. The Morgan fingerprint density at radius 3 is 2.37 bits per heavy atom. The summed E-state index contributed by atoms with van der Waals surface area (Å²) < 4.78 is 5.77. The lowest BCUT2D eigenvalue weighted by atomic mass is 9.81. The summed E-state index contributed by atoms with van der Waals surface area (Å²) in [6.45, 7) is 8.76. The maximum Gasteiger partial charge on any atom is 0.185 e. The van der Waals surface area contributed by atoms with Gasteiger partial charge >= 0.3 is 0 Å². The number of phenols is 2. The molecule has 0 fully saturated rings. The highest BCUT2D eigenvalue weighted by Crippen LogP contribution is 2.38. The number of ketones is 1. The Kier molecular flexibility index (Phi) is 6.67. The number of ether oxygens (including phenoxy) is 1. The molecule has 0 spiro atoms. The van der Waals surface area contributed by atoms with Gasteiger partial charge in [-0.1, -0.05) is 27.7 Å². The van der Waals surface area contributed by atoms with E-state index in [4.69, 9.17) is 4.74 Å². The third-order valence-corrected chi connectivity index (χ3v) is 4.77. The SMILES string of the molecule is CCCOc1cc(O)c(C(C)(C)CC)cc1/C=C/C(=O)c1ccc(O)cc1. The number of hydrogen-bond donors (Lipinski definition) is 2. The normalized spacial score (nSPS) is 11.7. The number of allylic oxidation sites excluding steroid dienone is 1. The van der Waals surface area contributed by atoms with Gasteiger partial charge in [0.25, 0.3) is 0 Å². The van der Waals surface area contributed by atoms with E-state index in [1.807, 2.05) is 13.0 Å². The number of carbonyl (C=O) groups excluding carboxylic acids is 1. The van der Waals surface area contributed by atoms with Crippen LogP contribution in [-0.4, -0.2) is 22.6 Å². The van der Waals surface area contributed by atoms with Crippen molar-refractivity contribution in [3.63, 3.8) is 0 Å². The number of phenolic OH excluding ortho intramolecular Hbond substituents is 2. The number of hydrogen-bond acceptors (Lipinski definition) is 4. The molecular formula is C23H28O4. The van der Waals surface area contributed by atoms with E-state index in [2.05, 4.69) is 20.8 Å². The Labute approximate surface area is 161 Å². The summed E-state index contributed by atoms with van der Waals surface area (Å²) in [5.74, 6) is 0.714. The van der Waals surface area contributed by atoms with Gasteiger partial charge in [-0.15, -0.1) is 0 Å². The van der Waals surface area contributed by atoms with E-state index in [0.29, 0.717) is 17.9 Å². The molecule has 0 amide bonds. The van der Waals surface area contributed by atoms with E-state index in [1.54, 1.807) is 24.3 Å². The van der Waals surface area contributed by atoms with Crippen LogP contribution in [0.25, 0.3) is 6.08 Å². The maximum atomic E-state index is 12.4. The molecule has 0 radical (unpaired) electrons. The molecule has 0 heterocycles. The number of aromatic hydroxyl groups is 2. The standard InChI is InChI=1S/C23H28O4/c1-5-13-27-22-15-21(26)19(23(3,4)6-2)14-17(22)9-12-20(25)16-7-10-18(24)11-8-16/h7-12,14-15,24,26H,5-6,13H2,1-4H3/b12-9+. The molecule has 2 aromatic rings. The topological polar surface area (TPSA) is 66.8 Å². The molecule has 0 aliphatic heterocycles. The monoisotopic (exact) mass is 368 g/mol. The van der Waals surface area contributed by atoms with Gasteiger partial charge in [-0.3, -0.25) is 4.79 Å². The lowest BCUT2D eigenvalue weighted by Crippen LogP contribution is -2.16. The minimum absolute atomic E-state index is 0.121. The molecule has 0 bridgehead atoms. The van der Waals surface area contributed by atoms with Crippen molar-refractivity contribution in [3.05, 3.63) is 59.2 Å². The molecule has 2 N–H and O–H groups in total. The minimum atomic E-state index is -0.197. The summed E-state index contributed by atoms with van der Waals surface area (Å²) in [6, 6.07) is 9.66. The van der Waals surface area contributed by atoms with E-state index in [1.165, 1.54) is 18.2 Å². The van der Waals surface area contributed by atoms with Crippen LogP contribution in [0.1, 0.15) is 62.0 Å². The lowest BCUT2D eigenvalue weighted by molar-refractivity contribution is 0.104. The Morgan fingerprint density at radius 1 is 1.11 bits per heavy atom. The van der Waals surface area contributed by atoms with E-state index >= 15 is 0 Å². The van der Waals surface area contributed by atoms with Crippen LogP contribution in [0, 0.1) is 0 Å². The number of rotatable bonds is 8. The second-order valence-corrected chi connectivity index (χ2v) is 7.24. The van der Waals surface area contributed by atoms with Crippen LogP contribution in [0.3, 0.4) is 0 Å². The van der Waals surface area contributed by atoms with Gasteiger partial charge in [0.1, 0.15) is 17.2 Å². The molecule has 0 aliphatic carbocycles. The summed E-state index contributed by atoms with van der Waals surface area (Å²) in [6.07, 6.45) is 4.92. The van der Waals surface area contributed by atoms with Gasteiger partial charge in [0.2, 0.25) is 0 Å². The predicted molar refractivity (Wildman–Crippen MR) is 109 cm³/mol. The zero-order valence-electron chi connectivity index (χ0n) is 16.5. The van der Waals surface area contributed by atoms with Crippen LogP contribution in [-0.2, 0) is 5.41 Å². The molecule has 144 valence electrons.